The first-order chi connectivity index (χ1) is 13.3. The molecule has 5 rings (SSSR count). The minimum absolute atomic E-state index is 0.979. The van der Waals surface area contributed by atoms with Gasteiger partial charge in [0.2, 0.25) is 0 Å². The van der Waals surface area contributed by atoms with E-state index in [-0.39, 0.29) is 0 Å². The van der Waals surface area contributed by atoms with Crippen LogP contribution in [0.2, 0.25) is 0 Å². The second-order valence-electron chi connectivity index (χ2n) is 7.11. The summed E-state index contributed by atoms with van der Waals surface area (Å²) in [5.74, 6) is 0. The Labute approximate surface area is 159 Å². The van der Waals surface area contributed by atoms with E-state index in [0.717, 1.165) is 6.42 Å². The lowest BCUT2D eigenvalue weighted by Crippen LogP contribution is -1.93. The summed E-state index contributed by atoms with van der Waals surface area (Å²) in [5.41, 5.74) is 7.58. The maximum Gasteiger partial charge on any atom is 0.0541 e. The van der Waals surface area contributed by atoms with Crippen molar-refractivity contribution in [1.82, 2.24) is 4.57 Å². The molecule has 0 aliphatic heterocycles. The van der Waals surface area contributed by atoms with Crippen molar-refractivity contribution in [3.05, 3.63) is 108 Å². The molecule has 0 radical (unpaired) electrons. The first kappa shape index (κ1) is 15.9. The van der Waals surface area contributed by atoms with Crippen molar-refractivity contribution >= 4 is 27.4 Å². The van der Waals surface area contributed by atoms with E-state index in [1.807, 2.05) is 0 Å². The third-order valence-electron chi connectivity index (χ3n) is 5.26. The summed E-state index contributed by atoms with van der Waals surface area (Å²) < 4.78 is 2.36. The van der Waals surface area contributed by atoms with E-state index in [0.29, 0.717) is 0 Å². The number of hydrogen-bond acceptors (Lipinski definition) is 0. The molecule has 1 nitrogen and oxygen atoms in total. The molecule has 1 aliphatic carbocycles. The Kier molecular flexibility index (Phi) is 3.79. The zero-order valence-corrected chi connectivity index (χ0v) is 15.4. The van der Waals surface area contributed by atoms with Gasteiger partial charge in [-0.1, -0.05) is 72.3 Å². The first-order valence-electron chi connectivity index (χ1n) is 9.45. The van der Waals surface area contributed by atoms with Crippen molar-refractivity contribution in [1.29, 1.82) is 0 Å². The molecule has 0 bridgehead atoms. The van der Waals surface area contributed by atoms with E-state index in [4.69, 9.17) is 0 Å². The Bertz CT molecular complexity index is 1230. The van der Waals surface area contributed by atoms with Crippen molar-refractivity contribution < 1.29 is 0 Å². The number of para-hydroxylation sites is 2. The molecule has 27 heavy (non-hydrogen) atoms. The Morgan fingerprint density at radius 3 is 2.44 bits per heavy atom. The lowest BCUT2D eigenvalue weighted by Gasteiger charge is -2.08. The van der Waals surface area contributed by atoms with Crippen molar-refractivity contribution in [3.8, 4) is 5.69 Å². The predicted molar refractivity (Wildman–Crippen MR) is 116 cm³/mol. The summed E-state index contributed by atoms with van der Waals surface area (Å²) in [6.45, 7) is 2.16. The monoisotopic (exact) mass is 347 g/mol. The number of fused-ring (bicyclic) bond motifs is 3. The summed E-state index contributed by atoms with van der Waals surface area (Å²) in [4.78, 5) is 0. The number of benzene rings is 3. The number of hydrogen-bond donors (Lipinski definition) is 0. The molecule has 0 saturated heterocycles. The van der Waals surface area contributed by atoms with Gasteiger partial charge in [0.15, 0.2) is 0 Å². The maximum absolute atomic E-state index is 2.36. The zero-order chi connectivity index (χ0) is 18.2. The summed E-state index contributed by atoms with van der Waals surface area (Å²) in [7, 11) is 0. The molecule has 3 aromatic carbocycles. The topological polar surface area (TPSA) is 4.93 Å². The van der Waals surface area contributed by atoms with Gasteiger partial charge in [-0.25, -0.2) is 0 Å². The van der Waals surface area contributed by atoms with Crippen molar-refractivity contribution in [2.75, 3.05) is 0 Å². The molecular weight excluding hydrogens is 326 g/mol. The van der Waals surface area contributed by atoms with Crippen LogP contribution in [0.25, 0.3) is 33.1 Å². The third-order valence-corrected chi connectivity index (χ3v) is 5.26. The molecule has 1 aliphatic rings. The van der Waals surface area contributed by atoms with Crippen LogP contribution < -0.4 is 0 Å². The molecular formula is C26H21N. The number of aromatic nitrogens is 1. The van der Waals surface area contributed by atoms with Crippen LogP contribution in [0.5, 0.6) is 0 Å². The summed E-state index contributed by atoms with van der Waals surface area (Å²) in [5, 5.41) is 2.60. The standard InChI is InChI=1S/C26H21N/c1-19-9-5-6-10-20(17-19)21-15-16-26-24(18-21)23-13-7-8-14-25(23)27(26)22-11-3-2-4-12-22/h2-5,7-18H,6H2,1H3. The lowest BCUT2D eigenvalue weighted by molar-refractivity contribution is 1.18. The van der Waals surface area contributed by atoms with E-state index in [9.17, 15) is 0 Å². The van der Waals surface area contributed by atoms with Gasteiger partial charge in [-0.05, 0) is 54.8 Å². The molecule has 0 saturated carbocycles. The lowest BCUT2D eigenvalue weighted by atomic mass is 10.0. The second kappa shape index (κ2) is 6.44. The van der Waals surface area contributed by atoms with Crippen LogP contribution in [-0.4, -0.2) is 4.57 Å². The Balaban J connectivity index is 1.79. The Morgan fingerprint density at radius 1 is 0.778 bits per heavy atom. The van der Waals surface area contributed by atoms with Gasteiger partial charge in [0.05, 0.1) is 11.0 Å². The first-order valence-corrected chi connectivity index (χ1v) is 9.45. The molecule has 130 valence electrons. The van der Waals surface area contributed by atoms with E-state index in [1.54, 1.807) is 0 Å². The number of allylic oxidation sites excluding steroid dienone is 6. The van der Waals surface area contributed by atoms with Gasteiger partial charge in [0, 0.05) is 16.5 Å². The minimum Gasteiger partial charge on any atom is -0.309 e. The molecule has 1 aromatic heterocycles. The van der Waals surface area contributed by atoms with Crippen molar-refractivity contribution in [3.63, 3.8) is 0 Å². The molecule has 0 amide bonds. The minimum atomic E-state index is 0.979. The number of rotatable bonds is 2. The van der Waals surface area contributed by atoms with Gasteiger partial charge in [-0.2, -0.15) is 0 Å². The average Bonchev–Trinajstić information content (AvgIpc) is 2.88. The zero-order valence-electron chi connectivity index (χ0n) is 15.4. The quantitative estimate of drug-likeness (QED) is 0.365. The van der Waals surface area contributed by atoms with Crippen LogP contribution in [0, 0.1) is 0 Å². The van der Waals surface area contributed by atoms with Crippen LogP contribution in [0.3, 0.4) is 0 Å². The molecule has 0 spiro atoms. The van der Waals surface area contributed by atoms with Gasteiger partial charge >= 0.3 is 0 Å². The van der Waals surface area contributed by atoms with E-state index < -0.39 is 0 Å². The van der Waals surface area contributed by atoms with Crippen LogP contribution in [0.15, 0.2) is 103 Å². The van der Waals surface area contributed by atoms with Crippen LogP contribution in [-0.2, 0) is 0 Å². The predicted octanol–water partition coefficient (Wildman–Crippen LogP) is 7.07. The van der Waals surface area contributed by atoms with Crippen LogP contribution in [0.4, 0.5) is 0 Å². The Hall–Kier alpha value is -3.32. The third kappa shape index (κ3) is 2.72. The molecule has 0 unspecified atom stereocenters. The fourth-order valence-corrected chi connectivity index (χ4v) is 4.01. The number of nitrogens with zero attached hydrogens (tertiary/aromatic N) is 1. The summed E-state index contributed by atoms with van der Waals surface area (Å²) in [6.07, 6.45) is 9.99. The Morgan fingerprint density at radius 2 is 1.56 bits per heavy atom. The van der Waals surface area contributed by atoms with Gasteiger partial charge in [0.25, 0.3) is 0 Å². The SMILES string of the molecule is CC1=CC(c2ccc3c(c2)c2ccccc2n3-c2ccccc2)=CCC=C1. The summed E-state index contributed by atoms with van der Waals surface area (Å²) >= 11 is 0. The van der Waals surface area contributed by atoms with E-state index >= 15 is 0 Å². The van der Waals surface area contributed by atoms with Gasteiger partial charge in [-0.3, -0.25) is 0 Å². The van der Waals surface area contributed by atoms with E-state index in [2.05, 4.69) is 109 Å². The molecule has 0 atom stereocenters. The van der Waals surface area contributed by atoms with Gasteiger partial charge < -0.3 is 4.57 Å². The fraction of sp³-hybridized carbons (Fsp3) is 0.0769. The average molecular weight is 347 g/mol. The molecule has 0 fully saturated rings. The largest absolute Gasteiger partial charge is 0.309 e. The van der Waals surface area contributed by atoms with Crippen LogP contribution in [0.1, 0.15) is 18.9 Å². The smallest absolute Gasteiger partial charge is 0.0541 e. The normalized spacial score (nSPS) is 14.3. The molecule has 0 N–H and O–H groups in total. The van der Waals surface area contributed by atoms with Crippen molar-refractivity contribution in [2.45, 2.75) is 13.3 Å². The highest BCUT2D eigenvalue weighted by molar-refractivity contribution is 6.10. The highest BCUT2D eigenvalue weighted by Gasteiger charge is 2.13. The molecule has 1 heteroatoms. The molecule has 1 heterocycles. The summed E-state index contributed by atoms with van der Waals surface area (Å²) in [6, 6.07) is 26.2. The van der Waals surface area contributed by atoms with Gasteiger partial charge in [0.1, 0.15) is 0 Å². The second-order valence-corrected chi connectivity index (χ2v) is 7.11. The van der Waals surface area contributed by atoms with E-state index in [1.165, 1.54) is 44.2 Å². The highest BCUT2D eigenvalue weighted by Crippen LogP contribution is 2.34. The fourth-order valence-electron chi connectivity index (χ4n) is 4.01. The maximum atomic E-state index is 2.36. The van der Waals surface area contributed by atoms with Crippen molar-refractivity contribution in [2.24, 2.45) is 0 Å². The van der Waals surface area contributed by atoms with Gasteiger partial charge in [-0.15, -0.1) is 0 Å². The molecule has 4 aromatic rings. The highest BCUT2D eigenvalue weighted by atomic mass is 15.0. The van der Waals surface area contributed by atoms with Crippen LogP contribution >= 0.6 is 0 Å².